The van der Waals surface area contributed by atoms with Crippen LogP contribution in [0.25, 0.3) is 0 Å². The number of likely N-dealkylation sites (N-methyl/N-ethyl adjacent to an activating group) is 1. The molecular weight excluding hydrogens is 452 g/mol. The molecule has 0 saturated carbocycles. The Morgan fingerprint density at radius 1 is 1.03 bits per heavy atom. The van der Waals surface area contributed by atoms with E-state index in [4.69, 9.17) is 14.7 Å². The Morgan fingerprint density at radius 3 is 2.33 bits per heavy atom. The van der Waals surface area contributed by atoms with E-state index in [-0.39, 0.29) is 20.0 Å². The van der Waals surface area contributed by atoms with Crippen LogP contribution in [-0.4, -0.2) is 96.3 Å². The van der Waals surface area contributed by atoms with E-state index in [1.165, 1.54) is 70.1 Å². The minimum Gasteiger partial charge on any atom is -0.369 e. The monoisotopic (exact) mass is 502 g/mol. The molecule has 1 amide bonds. The third-order valence-corrected chi connectivity index (χ3v) is 8.22. The van der Waals surface area contributed by atoms with Crippen molar-refractivity contribution in [3.63, 3.8) is 0 Å². The number of ether oxygens (including phenoxy) is 1. The summed E-state index contributed by atoms with van der Waals surface area (Å²) < 4.78 is 5.32. The zero-order valence-electron chi connectivity index (χ0n) is 22.8. The van der Waals surface area contributed by atoms with Gasteiger partial charge in [-0.1, -0.05) is 19.8 Å². The average Bonchev–Trinajstić information content (AvgIpc) is 3.16. The van der Waals surface area contributed by atoms with Crippen molar-refractivity contribution in [3.8, 4) is 0 Å². The van der Waals surface area contributed by atoms with E-state index in [0.29, 0.717) is 18.0 Å². The van der Waals surface area contributed by atoms with Crippen molar-refractivity contribution in [2.75, 3.05) is 57.3 Å². The number of carbonyl (C=O) groups excluding carboxylic acids is 1. The molecule has 36 heavy (non-hydrogen) atoms. The smallest absolute Gasteiger partial charge is 0.246 e. The van der Waals surface area contributed by atoms with E-state index >= 15 is 0 Å². The van der Waals surface area contributed by atoms with Crippen molar-refractivity contribution in [2.24, 2.45) is 0 Å². The predicted molar refractivity (Wildman–Crippen MR) is 147 cm³/mol. The van der Waals surface area contributed by atoms with Gasteiger partial charge in [0.15, 0.2) is 0 Å². The van der Waals surface area contributed by atoms with E-state index in [0.717, 1.165) is 38.5 Å². The van der Waals surface area contributed by atoms with Gasteiger partial charge in [0.05, 0.1) is 6.10 Å². The highest BCUT2D eigenvalue weighted by Gasteiger charge is 2.40. The molecule has 3 fully saturated rings. The van der Waals surface area contributed by atoms with Crippen LogP contribution < -0.4 is 10.2 Å². The Morgan fingerprint density at radius 2 is 1.69 bits per heavy atom. The number of aromatic nitrogens is 2. The number of anilines is 1. The first kappa shape index (κ1) is 27.3. The van der Waals surface area contributed by atoms with Crippen LogP contribution in [0.2, 0.25) is 0 Å². The van der Waals surface area contributed by atoms with Gasteiger partial charge in [-0.25, -0.2) is 9.97 Å². The van der Waals surface area contributed by atoms with E-state index in [9.17, 15) is 4.79 Å². The van der Waals surface area contributed by atoms with Crippen LogP contribution in [0.1, 0.15) is 85.0 Å². The molecule has 4 rings (SSSR count). The Kier molecular flexibility index (Phi) is 10.4. The number of piperidine rings is 1. The maximum atomic E-state index is 11.7. The molecule has 0 aromatic carbocycles. The van der Waals surface area contributed by atoms with Crippen molar-refractivity contribution in [1.29, 1.82) is 0 Å². The second kappa shape index (κ2) is 13.7. The number of hydrogen-bond donors (Lipinski definition) is 1. The predicted octanol–water partition coefficient (Wildman–Crippen LogP) is 3.68. The number of unbranched alkanes of at least 4 members (excludes halogenated alkanes) is 3. The van der Waals surface area contributed by atoms with E-state index in [2.05, 4.69) is 39.3 Å². The normalized spacial score (nSPS) is 23.5. The third kappa shape index (κ3) is 7.62. The molecule has 0 radical (unpaired) electrons. The number of rotatable bonds is 13. The number of nitrogens with one attached hydrogen (secondary N) is 1. The van der Waals surface area contributed by atoms with E-state index in [1.807, 2.05) is 13.8 Å². The van der Waals surface area contributed by atoms with Crippen LogP contribution in [0.5, 0.6) is 0 Å². The van der Waals surface area contributed by atoms with Gasteiger partial charge in [0.1, 0.15) is 6.61 Å². The maximum absolute atomic E-state index is 11.7. The highest BCUT2D eigenvalue weighted by molar-refractivity contribution is 5.77. The summed E-state index contributed by atoms with van der Waals surface area (Å²) in [4.78, 5) is 29.1. The van der Waals surface area contributed by atoms with Gasteiger partial charge in [-0.3, -0.25) is 9.69 Å². The Balaban J connectivity index is 0.00000380. The molecule has 1 aromatic rings. The van der Waals surface area contributed by atoms with E-state index < -0.39 is 0 Å². The average molecular weight is 503 g/mol. The standard InChI is InChI=1S/C28H48N6O2.H2/c1-4-32-19-25-9-10-26(20-32)34(25)28-30-17-24(18-31-28)23-11-15-33(16-12-23)14-8-6-5-7-13-29-27(35)21-36-22(2)3;/h17-18,22-23,25-26H,4-16,19-21H2,1-3H3,(H,29,35);1H. The molecule has 2 atom stereocenters. The zero-order chi connectivity index (χ0) is 25.3. The number of carbonyl (C=O) groups is 1. The molecule has 2 unspecified atom stereocenters. The lowest BCUT2D eigenvalue weighted by atomic mass is 9.91. The van der Waals surface area contributed by atoms with Crippen molar-refractivity contribution in [1.82, 2.24) is 25.1 Å². The first-order valence-electron chi connectivity index (χ1n) is 14.5. The zero-order valence-corrected chi connectivity index (χ0v) is 22.8. The molecular formula is C28H50N6O2. The quantitative estimate of drug-likeness (QED) is 0.413. The molecule has 1 aromatic heterocycles. The van der Waals surface area contributed by atoms with Gasteiger partial charge in [-0.15, -0.1) is 0 Å². The largest absolute Gasteiger partial charge is 0.369 e. The Hall–Kier alpha value is -1.77. The molecule has 8 nitrogen and oxygen atoms in total. The van der Waals surface area contributed by atoms with Gasteiger partial charge in [0.2, 0.25) is 11.9 Å². The van der Waals surface area contributed by atoms with Gasteiger partial charge in [0, 0.05) is 45.5 Å². The summed E-state index contributed by atoms with van der Waals surface area (Å²) in [7, 11) is 0. The fourth-order valence-corrected chi connectivity index (χ4v) is 6.08. The molecule has 1 N–H and O–H groups in total. The number of hydrogen-bond acceptors (Lipinski definition) is 7. The van der Waals surface area contributed by atoms with Gasteiger partial charge in [0.25, 0.3) is 0 Å². The van der Waals surface area contributed by atoms with Gasteiger partial charge >= 0.3 is 0 Å². The van der Waals surface area contributed by atoms with Crippen LogP contribution in [-0.2, 0) is 9.53 Å². The number of likely N-dealkylation sites (tertiary alicyclic amines) is 2. The summed E-state index contributed by atoms with van der Waals surface area (Å²) in [5.41, 5.74) is 1.32. The topological polar surface area (TPSA) is 73.8 Å². The summed E-state index contributed by atoms with van der Waals surface area (Å²) in [5, 5.41) is 2.94. The van der Waals surface area contributed by atoms with Gasteiger partial charge < -0.3 is 19.9 Å². The molecule has 204 valence electrons. The fraction of sp³-hybridized carbons (Fsp3) is 0.821. The summed E-state index contributed by atoms with van der Waals surface area (Å²) in [6.45, 7) is 14.0. The Labute approximate surface area is 219 Å². The highest BCUT2D eigenvalue weighted by atomic mass is 16.5. The molecule has 2 bridgehead atoms. The van der Waals surface area contributed by atoms with Crippen LogP contribution in [0, 0.1) is 0 Å². The van der Waals surface area contributed by atoms with Crippen LogP contribution in [0.15, 0.2) is 12.4 Å². The van der Waals surface area contributed by atoms with Crippen molar-refractivity contribution in [3.05, 3.63) is 18.0 Å². The van der Waals surface area contributed by atoms with Crippen molar-refractivity contribution >= 4 is 11.9 Å². The van der Waals surface area contributed by atoms with Gasteiger partial charge in [-0.2, -0.15) is 0 Å². The summed E-state index contributed by atoms with van der Waals surface area (Å²) in [5.74, 6) is 1.53. The summed E-state index contributed by atoms with van der Waals surface area (Å²) in [6.07, 6.45) is 13.9. The number of nitrogens with zero attached hydrogens (tertiary/aromatic N) is 5. The first-order valence-corrected chi connectivity index (χ1v) is 14.5. The maximum Gasteiger partial charge on any atom is 0.246 e. The summed E-state index contributed by atoms with van der Waals surface area (Å²) >= 11 is 0. The molecule has 3 aliphatic rings. The van der Waals surface area contributed by atoms with Crippen molar-refractivity contribution < 1.29 is 11.0 Å². The molecule has 3 aliphatic heterocycles. The minimum atomic E-state index is -0.00599. The van der Waals surface area contributed by atoms with Gasteiger partial charge in [-0.05, 0) is 90.0 Å². The molecule has 3 saturated heterocycles. The van der Waals surface area contributed by atoms with Crippen LogP contribution >= 0.6 is 0 Å². The SMILES string of the molecule is CCN1CC2CCC(C1)N2c1ncc(C2CCN(CCCCCCNC(=O)COC(C)C)CC2)cn1.[HH]. The lowest BCUT2D eigenvalue weighted by Crippen LogP contribution is -2.54. The summed E-state index contributed by atoms with van der Waals surface area (Å²) in [6, 6.07) is 1.17. The fourth-order valence-electron chi connectivity index (χ4n) is 6.08. The lowest BCUT2D eigenvalue weighted by Gasteiger charge is -2.40. The molecule has 0 aliphatic carbocycles. The Bertz CT molecular complexity index is 788. The molecule has 8 heteroatoms. The highest BCUT2D eigenvalue weighted by Crippen LogP contribution is 2.34. The third-order valence-electron chi connectivity index (χ3n) is 8.22. The van der Waals surface area contributed by atoms with Crippen LogP contribution in [0.3, 0.4) is 0 Å². The number of amides is 1. The molecule has 0 spiro atoms. The lowest BCUT2D eigenvalue weighted by molar-refractivity contribution is -0.127. The number of piperazine rings is 1. The first-order chi connectivity index (χ1) is 17.5. The number of fused-ring (bicyclic) bond motifs is 2. The van der Waals surface area contributed by atoms with Crippen molar-refractivity contribution in [2.45, 2.75) is 96.2 Å². The molecule has 4 heterocycles. The van der Waals surface area contributed by atoms with E-state index in [1.54, 1.807) is 0 Å². The second-order valence-corrected chi connectivity index (χ2v) is 11.2. The second-order valence-electron chi connectivity index (χ2n) is 11.2. The minimum absolute atomic E-state index is 0. The van der Waals surface area contributed by atoms with Crippen LogP contribution in [0.4, 0.5) is 5.95 Å².